The number of oxazole rings is 1. The molecule has 4 aromatic rings. The Morgan fingerprint density at radius 3 is 3.00 bits per heavy atom. The summed E-state index contributed by atoms with van der Waals surface area (Å²) in [6, 6.07) is 5.67. The number of halogens is 1. The highest BCUT2D eigenvalue weighted by Gasteiger charge is 2.27. The summed E-state index contributed by atoms with van der Waals surface area (Å²) in [6.45, 7) is 0.865. The van der Waals surface area contributed by atoms with E-state index in [9.17, 15) is 0 Å². The average Bonchev–Trinajstić information content (AvgIpc) is 3.35. The number of methoxy groups -OCH3 is 1. The molecule has 0 aliphatic carbocycles. The molecule has 0 bridgehead atoms. The molecule has 1 aromatic carbocycles. The molecular formula is C17H13ClN6O2. The highest BCUT2D eigenvalue weighted by molar-refractivity contribution is 6.30. The van der Waals surface area contributed by atoms with E-state index in [0.717, 1.165) is 28.6 Å². The van der Waals surface area contributed by atoms with Crippen molar-refractivity contribution >= 4 is 11.6 Å². The fraction of sp³-hybridized carbons (Fsp3) is 0.176. The van der Waals surface area contributed by atoms with Gasteiger partial charge in [-0.05, 0) is 18.2 Å². The van der Waals surface area contributed by atoms with E-state index >= 15 is 0 Å². The van der Waals surface area contributed by atoms with Crippen molar-refractivity contribution in [3.8, 4) is 28.7 Å². The lowest BCUT2D eigenvalue weighted by atomic mass is 10.1. The van der Waals surface area contributed by atoms with E-state index < -0.39 is 0 Å². The van der Waals surface area contributed by atoms with E-state index in [1.165, 1.54) is 6.26 Å². The Labute approximate surface area is 153 Å². The van der Waals surface area contributed by atoms with Crippen LogP contribution in [-0.2, 0) is 17.9 Å². The first kappa shape index (κ1) is 15.3. The monoisotopic (exact) mass is 368 g/mol. The van der Waals surface area contributed by atoms with Gasteiger partial charge in [0.05, 0.1) is 24.1 Å². The Hall–Kier alpha value is -2.97. The van der Waals surface area contributed by atoms with Gasteiger partial charge in [0.2, 0.25) is 5.89 Å². The minimum absolute atomic E-state index is 0.360. The number of aromatic nitrogens is 6. The highest BCUT2D eigenvalue weighted by atomic mass is 35.5. The molecule has 1 aliphatic rings. The lowest BCUT2D eigenvalue weighted by Gasteiger charge is -2.09. The van der Waals surface area contributed by atoms with Crippen molar-refractivity contribution in [3.05, 3.63) is 53.5 Å². The van der Waals surface area contributed by atoms with Gasteiger partial charge in [-0.15, -0.1) is 10.2 Å². The third-order valence-electron chi connectivity index (χ3n) is 4.37. The topological polar surface area (TPSA) is 83.8 Å². The van der Waals surface area contributed by atoms with Crippen LogP contribution >= 0.6 is 11.6 Å². The van der Waals surface area contributed by atoms with Crippen LogP contribution in [-0.4, -0.2) is 36.4 Å². The molecule has 0 spiro atoms. The van der Waals surface area contributed by atoms with E-state index in [1.54, 1.807) is 19.6 Å². The lowest BCUT2D eigenvalue weighted by Crippen LogP contribution is -2.09. The highest BCUT2D eigenvalue weighted by Crippen LogP contribution is 2.35. The van der Waals surface area contributed by atoms with Crippen molar-refractivity contribution in [2.45, 2.75) is 13.2 Å². The fourth-order valence-electron chi connectivity index (χ4n) is 3.23. The Kier molecular flexibility index (Phi) is 3.41. The predicted molar refractivity (Wildman–Crippen MR) is 92.9 cm³/mol. The molecule has 0 amide bonds. The molecular weight excluding hydrogens is 356 g/mol. The smallest absolute Gasteiger partial charge is 0.246 e. The van der Waals surface area contributed by atoms with Crippen molar-refractivity contribution in [1.82, 2.24) is 29.3 Å². The van der Waals surface area contributed by atoms with Crippen molar-refractivity contribution in [2.24, 2.45) is 0 Å². The molecule has 0 saturated heterocycles. The molecule has 0 atom stereocenters. The van der Waals surface area contributed by atoms with Crippen LogP contribution in [0.5, 0.6) is 0 Å². The Morgan fingerprint density at radius 2 is 2.19 bits per heavy atom. The summed E-state index contributed by atoms with van der Waals surface area (Å²) in [5.74, 6) is 1.95. The first-order valence-electron chi connectivity index (χ1n) is 7.93. The number of fused-ring (bicyclic) bond motifs is 5. The number of hydrogen-bond acceptors (Lipinski definition) is 6. The van der Waals surface area contributed by atoms with E-state index in [4.69, 9.17) is 20.8 Å². The maximum atomic E-state index is 6.26. The number of rotatable bonds is 3. The molecule has 5 rings (SSSR count). The summed E-state index contributed by atoms with van der Waals surface area (Å²) in [5, 5.41) is 9.30. The first-order chi connectivity index (χ1) is 12.8. The standard InChI is InChI=1S/C17H13ClN6O2/c1-25-8-14-21-22-16-11-3-2-10(18)6-12(11)24-9-20-15(13(24)7-23(14)16)17-19-4-5-26-17/h2-6,9H,7-8H2,1H3. The Bertz CT molecular complexity index is 1100. The Morgan fingerprint density at radius 1 is 1.27 bits per heavy atom. The second kappa shape index (κ2) is 5.79. The van der Waals surface area contributed by atoms with Crippen LogP contribution in [0, 0.1) is 0 Å². The van der Waals surface area contributed by atoms with Gasteiger partial charge in [0.15, 0.2) is 11.6 Å². The SMILES string of the molecule is COCc1nnc2n1Cc1c(-c3ncco3)ncn1-c1cc(Cl)ccc1-2. The van der Waals surface area contributed by atoms with Crippen LogP contribution in [0.1, 0.15) is 11.5 Å². The normalized spacial score (nSPS) is 12.4. The largest absolute Gasteiger partial charge is 0.443 e. The molecule has 1 aliphatic heterocycles. The molecule has 26 heavy (non-hydrogen) atoms. The molecule has 0 radical (unpaired) electrons. The van der Waals surface area contributed by atoms with E-state index in [0.29, 0.717) is 29.8 Å². The van der Waals surface area contributed by atoms with Gasteiger partial charge in [0.25, 0.3) is 0 Å². The van der Waals surface area contributed by atoms with E-state index in [-0.39, 0.29) is 0 Å². The van der Waals surface area contributed by atoms with Gasteiger partial charge in [0.1, 0.15) is 24.9 Å². The van der Waals surface area contributed by atoms with Gasteiger partial charge in [-0.3, -0.25) is 4.57 Å². The minimum Gasteiger partial charge on any atom is -0.443 e. The predicted octanol–water partition coefficient (Wildman–Crippen LogP) is 2.95. The van der Waals surface area contributed by atoms with Crippen LogP contribution in [0.15, 0.2) is 41.4 Å². The molecule has 8 nitrogen and oxygen atoms in total. The summed E-state index contributed by atoms with van der Waals surface area (Å²) >= 11 is 6.26. The molecule has 0 unspecified atom stereocenters. The average molecular weight is 369 g/mol. The summed E-state index contributed by atoms with van der Waals surface area (Å²) in [4.78, 5) is 8.76. The van der Waals surface area contributed by atoms with Crippen LogP contribution < -0.4 is 0 Å². The van der Waals surface area contributed by atoms with Crippen molar-refractivity contribution in [1.29, 1.82) is 0 Å². The summed E-state index contributed by atoms with van der Waals surface area (Å²) in [6.07, 6.45) is 4.88. The number of hydrogen-bond donors (Lipinski definition) is 0. The summed E-state index contributed by atoms with van der Waals surface area (Å²) in [7, 11) is 1.63. The number of imidazole rings is 1. The van der Waals surface area contributed by atoms with Crippen LogP contribution in [0.2, 0.25) is 5.02 Å². The van der Waals surface area contributed by atoms with Gasteiger partial charge in [-0.2, -0.15) is 0 Å². The van der Waals surface area contributed by atoms with Crippen LogP contribution in [0.25, 0.3) is 28.7 Å². The van der Waals surface area contributed by atoms with Crippen molar-refractivity contribution in [3.63, 3.8) is 0 Å². The maximum absolute atomic E-state index is 6.26. The minimum atomic E-state index is 0.360. The third kappa shape index (κ3) is 2.19. The van der Waals surface area contributed by atoms with Gasteiger partial charge in [-0.25, -0.2) is 9.97 Å². The van der Waals surface area contributed by atoms with E-state index in [1.807, 2.05) is 27.3 Å². The maximum Gasteiger partial charge on any atom is 0.246 e. The second-order valence-corrected chi connectivity index (χ2v) is 6.30. The molecule has 0 fully saturated rings. The molecule has 0 saturated carbocycles. The number of benzene rings is 1. The number of nitrogens with zero attached hydrogens (tertiary/aromatic N) is 6. The van der Waals surface area contributed by atoms with Gasteiger partial charge >= 0.3 is 0 Å². The van der Waals surface area contributed by atoms with Crippen LogP contribution in [0.3, 0.4) is 0 Å². The second-order valence-electron chi connectivity index (χ2n) is 5.87. The van der Waals surface area contributed by atoms with E-state index in [2.05, 4.69) is 20.2 Å². The zero-order chi connectivity index (χ0) is 17.7. The van der Waals surface area contributed by atoms with Gasteiger partial charge < -0.3 is 13.7 Å². The first-order valence-corrected chi connectivity index (χ1v) is 8.31. The molecule has 0 N–H and O–H groups in total. The molecule has 130 valence electrons. The fourth-order valence-corrected chi connectivity index (χ4v) is 3.40. The third-order valence-corrected chi connectivity index (χ3v) is 4.61. The van der Waals surface area contributed by atoms with Crippen LogP contribution in [0.4, 0.5) is 0 Å². The van der Waals surface area contributed by atoms with Gasteiger partial charge in [-0.1, -0.05) is 11.6 Å². The molecule has 9 heteroatoms. The summed E-state index contributed by atoms with van der Waals surface area (Å²) < 4.78 is 14.7. The Balaban J connectivity index is 1.81. The lowest BCUT2D eigenvalue weighted by molar-refractivity contribution is 0.174. The quantitative estimate of drug-likeness (QED) is 0.487. The van der Waals surface area contributed by atoms with Crippen molar-refractivity contribution in [2.75, 3.05) is 7.11 Å². The zero-order valence-electron chi connectivity index (χ0n) is 13.8. The zero-order valence-corrected chi connectivity index (χ0v) is 14.5. The van der Waals surface area contributed by atoms with Crippen molar-refractivity contribution < 1.29 is 9.15 Å². The summed E-state index contributed by atoms with van der Waals surface area (Å²) in [5.41, 5.74) is 3.38. The number of ether oxygens (including phenoxy) is 1. The van der Waals surface area contributed by atoms with Gasteiger partial charge in [0, 0.05) is 17.7 Å². The molecule has 3 aromatic heterocycles. The molecule has 4 heterocycles.